The van der Waals surface area contributed by atoms with Crippen LogP contribution in [0.3, 0.4) is 0 Å². The summed E-state index contributed by atoms with van der Waals surface area (Å²) in [5, 5.41) is 4.65. The Morgan fingerprint density at radius 3 is 2.42 bits per heavy atom. The molecule has 0 bridgehead atoms. The average molecular weight is 476 g/mol. The van der Waals surface area contributed by atoms with Crippen LogP contribution in [0.2, 0.25) is 0 Å². The van der Waals surface area contributed by atoms with Crippen molar-refractivity contribution >= 4 is 27.7 Å². The fraction of sp³-hybridized carbons (Fsp3) is 0.654. The first-order valence-electron chi connectivity index (χ1n) is 12.3. The van der Waals surface area contributed by atoms with Gasteiger partial charge < -0.3 is 9.92 Å². The molecule has 1 fully saturated rings. The van der Waals surface area contributed by atoms with Crippen LogP contribution in [-0.2, 0) is 4.18 Å². The van der Waals surface area contributed by atoms with Crippen molar-refractivity contribution in [2.75, 3.05) is 12.0 Å². The number of hydrogen-bond acceptors (Lipinski definition) is 5. The quantitative estimate of drug-likeness (QED) is 0.502. The Labute approximate surface area is 202 Å². The van der Waals surface area contributed by atoms with Crippen molar-refractivity contribution in [3.05, 3.63) is 35.4 Å². The first-order chi connectivity index (χ1) is 15.6. The largest absolute Gasteiger partial charge is 0.404 e. The smallest absolute Gasteiger partial charge is 0.154 e. The van der Waals surface area contributed by atoms with Crippen molar-refractivity contribution in [2.45, 2.75) is 98.0 Å². The summed E-state index contributed by atoms with van der Waals surface area (Å²) in [7, 11) is -1.08. The first kappa shape index (κ1) is 27.4. The number of aliphatic imine (C=N–C) groups is 1. The third kappa shape index (κ3) is 6.38. The molecular formula is C26H45N5OS. The summed E-state index contributed by atoms with van der Waals surface area (Å²) >= 11 is 0. The van der Waals surface area contributed by atoms with Crippen LogP contribution in [0.4, 0.5) is 0 Å². The second-order valence-corrected chi connectivity index (χ2v) is 13.7. The van der Waals surface area contributed by atoms with Crippen molar-refractivity contribution in [3.63, 3.8) is 0 Å². The normalized spacial score (nSPS) is 22.6. The van der Waals surface area contributed by atoms with Gasteiger partial charge in [-0.05, 0) is 57.6 Å². The molecule has 1 saturated carbocycles. The summed E-state index contributed by atoms with van der Waals surface area (Å²) < 4.78 is 8.76. The number of fused-ring (bicyclic) bond motifs is 1. The molecule has 0 radical (unpaired) electrons. The number of rotatable bonds is 6. The van der Waals surface area contributed by atoms with Gasteiger partial charge in [0, 0.05) is 28.3 Å². The molecule has 1 atom stereocenters. The van der Waals surface area contributed by atoms with Gasteiger partial charge in [-0.1, -0.05) is 41.5 Å². The van der Waals surface area contributed by atoms with E-state index in [0.29, 0.717) is 12.1 Å². The minimum Gasteiger partial charge on any atom is -0.404 e. The summed E-state index contributed by atoms with van der Waals surface area (Å²) in [6, 6.07) is 2.35. The number of hydrogen-bond donors (Lipinski definition) is 1. The molecule has 2 aromatic rings. The van der Waals surface area contributed by atoms with Gasteiger partial charge in [-0.3, -0.25) is 4.99 Å². The van der Waals surface area contributed by atoms with Gasteiger partial charge in [0.05, 0.1) is 29.7 Å². The molecule has 2 N–H and O–H groups in total. The van der Waals surface area contributed by atoms with Gasteiger partial charge in [0.1, 0.15) is 0 Å². The summed E-state index contributed by atoms with van der Waals surface area (Å²) in [4.78, 5) is 9.30. The van der Waals surface area contributed by atoms with E-state index in [1.807, 2.05) is 50.7 Å². The van der Waals surface area contributed by atoms with Crippen LogP contribution in [0.15, 0.2) is 23.5 Å². The molecule has 186 valence electrons. The van der Waals surface area contributed by atoms with Crippen LogP contribution >= 0.6 is 10.3 Å². The molecule has 0 aliphatic heterocycles. The summed E-state index contributed by atoms with van der Waals surface area (Å²) in [5.41, 5.74) is 10.6. The van der Waals surface area contributed by atoms with Crippen molar-refractivity contribution in [3.8, 4) is 0 Å². The second-order valence-electron chi connectivity index (χ2n) is 9.65. The second kappa shape index (κ2) is 11.5. The number of nitrogens with two attached hydrogens (primary N) is 1. The van der Waals surface area contributed by atoms with E-state index in [-0.39, 0.29) is 4.75 Å². The molecule has 0 amide bonds. The van der Waals surface area contributed by atoms with Gasteiger partial charge in [0.2, 0.25) is 0 Å². The molecule has 0 saturated heterocycles. The van der Waals surface area contributed by atoms with Crippen LogP contribution in [0.1, 0.15) is 84.2 Å². The van der Waals surface area contributed by atoms with E-state index in [0.717, 1.165) is 59.6 Å². The summed E-state index contributed by atoms with van der Waals surface area (Å²) in [6.45, 7) is 17.2. The number of imidazole rings is 1. The Balaban J connectivity index is 0.00000187. The average Bonchev–Trinajstić information content (AvgIpc) is 3.15. The zero-order valence-electron chi connectivity index (χ0n) is 22.2. The summed E-state index contributed by atoms with van der Waals surface area (Å²) in [5.74, 6) is 1.10. The first-order valence-corrected chi connectivity index (χ1v) is 14.4. The zero-order chi connectivity index (χ0) is 24.8. The Morgan fingerprint density at radius 1 is 1.24 bits per heavy atom. The molecular weight excluding hydrogens is 430 g/mol. The maximum Gasteiger partial charge on any atom is 0.154 e. The minimum absolute atomic E-state index is 0.206. The number of nitrogens with zero attached hydrogens (tertiary/aromatic N) is 4. The van der Waals surface area contributed by atoms with Gasteiger partial charge in [0.25, 0.3) is 0 Å². The van der Waals surface area contributed by atoms with Gasteiger partial charge in [0.15, 0.2) is 5.65 Å². The van der Waals surface area contributed by atoms with Crippen LogP contribution in [0.25, 0.3) is 11.2 Å². The highest BCUT2D eigenvalue weighted by atomic mass is 32.3. The van der Waals surface area contributed by atoms with Crippen LogP contribution in [0, 0.1) is 13.8 Å². The Morgan fingerprint density at radius 2 is 1.88 bits per heavy atom. The number of aryl methyl sites for hydroxylation is 2. The van der Waals surface area contributed by atoms with Crippen molar-refractivity contribution < 1.29 is 4.18 Å². The van der Waals surface area contributed by atoms with Gasteiger partial charge in [-0.2, -0.15) is 5.10 Å². The Kier molecular flexibility index (Phi) is 9.56. The van der Waals surface area contributed by atoms with E-state index >= 15 is 0 Å². The molecule has 33 heavy (non-hydrogen) atoms. The van der Waals surface area contributed by atoms with E-state index in [2.05, 4.69) is 44.0 Å². The highest BCUT2D eigenvalue weighted by Gasteiger charge is 2.35. The Bertz CT molecular complexity index is 967. The van der Waals surface area contributed by atoms with Crippen molar-refractivity contribution in [2.24, 2.45) is 10.7 Å². The van der Waals surface area contributed by atoms with E-state index in [4.69, 9.17) is 14.9 Å². The Hall–Kier alpha value is -1.86. The molecule has 3 rings (SSSR count). The SMILES string of the molecule is CC.CCS(C)(OC1CCC(N=C/C(=C\N)c2cc3ncc(C)n3nc2C)CC1)C(C)(C)C. The van der Waals surface area contributed by atoms with Gasteiger partial charge in [-0.15, -0.1) is 10.3 Å². The van der Waals surface area contributed by atoms with E-state index < -0.39 is 10.3 Å². The molecule has 0 spiro atoms. The molecule has 7 heteroatoms. The van der Waals surface area contributed by atoms with Crippen LogP contribution < -0.4 is 5.73 Å². The predicted octanol–water partition coefficient (Wildman–Crippen LogP) is 6.24. The fourth-order valence-electron chi connectivity index (χ4n) is 4.03. The van der Waals surface area contributed by atoms with Crippen molar-refractivity contribution in [1.82, 2.24) is 14.6 Å². The molecule has 1 aliphatic carbocycles. The van der Waals surface area contributed by atoms with E-state index in [1.165, 1.54) is 0 Å². The van der Waals surface area contributed by atoms with Gasteiger partial charge >= 0.3 is 0 Å². The maximum atomic E-state index is 6.70. The number of allylic oxidation sites excluding steroid dienone is 1. The molecule has 2 heterocycles. The lowest BCUT2D eigenvalue weighted by atomic mass is 9.93. The third-order valence-electron chi connectivity index (χ3n) is 6.60. The van der Waals surface area contributed by atoms with Crippen molar-refractivity contribution in [1.29, 1.82) is 0 Å². The van der Waals surface area contributed by atoms with Gasteiger partial charge in [-0.25, -0.2) is 9.50 Å². The minimum atomic E-state index is -1.08. The predicted molar refractivity (Wildman–Crippen MR) is 145 cm³/mol. The lowest BCUT2D eigenvalue weighted by molar-refractivity contribution is 0.164. The van der Waals surface area contributed by atoms with Crippen LogP contribution in [-0.4, -0.2) is 49.7 Å². The molecule has 2 aromatic heterocycles. The molecule has 6 nitrogen and oxygen atoms in total. The maximum absolute atomic E-state index is 6.70. The van der Waals surface area contributed by atoms with Crippen LogP contribution in [0.5, 0.6) is 0 Å². The fourth-order valence-corrected chi connectivity index (χ4v) is 6.12. The monoisotopic (exact) mass is 475 g/mol. The lowest BCUT2D eigenvalue weighted by Crippen LogP contribution is -2.33. The number of aromatic nitrogens is 3. The van der Waals surface area contributed by atoms with E-state index in [9.17, 15) is 0 Å². The molecule has 1 aliphatic rings. The highest BCUT2D eigenvalue weighted by Crippen LogP contribution is 2.58. The third-order valence-corrected chi connectivity index (χ3v) is 11.0. The van der Waals surface area contributed by atoms with E-state index in [1.54, 1.807) is 6.20 Å². The molecule has 0 aromatic carbocycles. The zero-order valence-corrected chi connectivity index (χ0v) is 23.0. The summed E-state index contributed by atoms with van der Waals surface area (Å²) in [6.07, 6.45) is 12.3. The standard InChI is InChI=1S/C24H39N5OS.C2H6/c1-8-31(7,24(4,5)6)30-21-11-9-20(10-12-21)26-16-19(14-25)22-13-23-27-15-17(2)29(23)28-18(22)3;1-2/h13-16,20-21H,8-12,25H2,1-7H3;1-2H3/b19-14+,26-16?;. The molecule has 1 unspecified atom stereocenters. The lowest BCUT2D eigenvalue weighted by Gasteiger charge is -2.49. The highest BCUT2D eigenvalue weighted by molar-refractivity contribution is 8.30. The topological polar surface area (TPSA) is 77.8 Å².